The van der Waals surface area contributed by atoms with Crippen LogP contribution in [0.15, 0.2) is 60.7 Å². The third-order valence-electron chi connectivity index (χ3n) is 8.00. The van der Waals surface area contributed by atoms with Crippen LogP contribution >= 0.6 is 0 Å². The van der Waals surface area contributed by atoms with E-state index in [-0.39, 0.29) is 53.6 Å². The van der Waals surface area contributed by atoms with Crippen LogP contribution in [0.3, 0.4) is 0 Å². The Morgan fingerprint density at radius 1 is 0.902 bits per heavy atom. The Bertz CT molecular complexity index is 1720. The average Bonchev–Trinajstić information content (AvgIpc) is 3.89. The van der Waals surface area contributed by atoms with E-state index in [9.17, 15) is 28.0 Å². The third-order valence-corrected chi connectivity index (χ3v) is 8.00. The first-order valence-electron chi connectivity index (χ1n) is 17.0. The lowest BCUT2D eigenvalue weighted by Crippen LogP contribution is -2.43. The summed E-state index contributed by atoms with van der Waals surface area (Å²) in [6.07, 6.45) is 2.16. The van der Waals surface area contributed by atoms with E-state index in [0.717, 1.165) is 29.9 Å². The molecule has 5 rings (SSSR count). The molecule has 1 fully saturated rings. The molecular formula is C37H48F2N8O4. The van der Waals surface area contributed by atoms with Crippen LogP contribution < -0.4 is 16.0 Å². The fourth-order valence-corrected chi connectivity index (χ4v) is 4.86. The summed E-state index contributed by atoms with van der Waals surface area (Å²) in [5.41, 5.74) is 4.16. The number of rotatable bonds is 11. The number of hydrogen-bond donors (Lipinski definition) is 5. The number of H-pyrrole nitrogens is 2. The topological polar surface area (TPSA) is 165 Å². The van der Waals surface area contributed by atoms with Crippen LogP contribution in [0.1, 0.15) is 108 Å². The van der Waals surface area contributed by atoms with Crippen molar-refractivity contribution in [3.63, 3.8) is 0 Å². The van der Waals surface area contributed by atoms with Gasteiger partial charge < -0.3 is 20.9 Å². The van der Waals surface area contributed by atoms with Gasteiger partial charge in [-0.2, -0.15) is 10.2 Å². The summed E-state index contributed by atoms with van der Waals surface area (Å²) in [5.74, 6) is -0.951. The number of amides is 4. The summed E-state index contributed by atoms with van der Waals surface area (Å²) in [6.45, 7) is 13.7. The van der Waals surface area contributed by atoms with Gasteiger partial charge in [-0.3, -0.25) is 29.4 Å². The minimum absolute atomic E-state index is 0.0160. The summed E-state index contributed by atoms with van der Waals surface area (Å²) >= 11 is 0. The van der Waals surface area contributed by atoms with Gasteiger partial charge in [0.05, 0.1) is 5.69 Å². The Hall–Kier alpha value is -5.40. The summed E-state index contributed by atoms with van der Waals surface area (Å²) in [6, 6.07) is 14.4. The van der Waals surface area contributed by atoms with E-state index < -0.39 is 5.82 Å². The van der Waals surface area contributed by atoms with E-state index in [1.807, 2.05) is 27.7 Å². The molecule has 14 heteroatoms. The van der Waals surface area contributed by atoms with Crippen molar-refractivity contribution in [1.82, 2.24) is 41.2 Å². The Labute approximate surface area is 297 Å². The quantitative estimate of drug-likeness (QED) is 0.134. The molecule has 5 N–H and O–H groups in total. The number of likely N-dealkylation sites (tertiary alicyclic amines) is 1. The van der Waals surface area contributed by atoms with Crippen molar-refractivity contribution in [2.45, 2.75) is 78.3 Å². The first-order valence-corrected chi connectivity index (χ1v) is 17.0. The zero-order valence-corrected chi connectivity index (χ0v) is 29.9. The van der Waals surface area contributed by atoms with Crippen LogP contribution in [0, 0.1) is 18.6 Å². The Morgan fingerprint density at radius 2 is 1.63 bits per heavy atom. The molecule has 1 aliphatic rings. The van der Waals surface area contributed by atoms with Crippen LogP contribution in [-0.2, 0) is 4.79 Å². The molecule has 2 atom stereocenters. The second-order valence-corrected chi connectivity index (χ2v) is 12.9. The smallest absolute Gasteiger partial charge is 0.271 e. The number of halogens is 2. The number of nitrogens with zero attached hydrogens (tertiary/aromatic N) is 3. The minimum Gasteiger partial charge on any atom is -0.349 e. The molecule has 51 heavy (non-hydrogen) atoms. The molecule has 4 aromatic rings. The molecule has 0 saturated carbocycles. The normalized spacial score (nSPS) is 14.2. The molecule has 0 spiro atoms. The van der Waals surface area contributed by atoms with Crippen molar-refractivity contribution in [2.75, 3.05) is 19.6 Å². The minimum atomic E-state index is -0.464. The maximum Gasteiger partial charge on any atom is 0.271 e. The lowest BCUT2D eigenvalue weighted by Gasteiger charge is -2.17. The number of aryl methyl sites for hydroxylation is 1. The van der Waals surface area contributed by atoms with Gasteiger partial charge in [0.25, 0.3) is 17.7 Å². The summed E-state index contributed by atoms with van der Waals surface area (Å²) in [7, 11) is 0. The second kappa shape index (κ2) is 19.7. The van der Waals surface area contributed by atoms with E-state index in [2.05, 4.69) is 56.3 Å². The van der Waals surface area contributed by atoms with Crippen molar-refractivity contribution in [2.24, 2.45) is 0 Å². The van der Waals surface area contributed by atoms with Crippen molar-refractivity contribution in [3.8, 4) is 0 Å². The number of nitrogens with one attached hydrogen (secondary N) is 5. The number of hydrogen-bond acceptors (Lipinski definition) is 6. The Balaban J connectivity index is 0.000000231. The summed E-state index contributed by atoms with van der Waals surface area (Å²) < 4.78 is 25.9. The van der Waals surface area contributed by atoms with Crippen LogP contribution in [0.4, 0.5) is 8.78 Å². The Morgan fingerprint density at radius 3 is 2.16 bits per heavy atom. The predicted octanol–water partition coefficient (Wildman–Crippen LogP) is 5.24. The van der Waals surface area contributed by atoms with Gasteiger partial charge in [0.2, 0.25) is 6.41 Å². The lowest BCUT2D eigenvalue weighted by atomic mass is 10.1. The zero-order valence-electron chi connectivity index (χ0n) is 29.9. The number of aromatic nitrogens is 4. The fourth-order valence-electron chi connectivity index (χ4n) is 4.86. The monoisotopic (exact) mass is 706 g/mol. The maximum atomic E-state index is 13.2. The van der Waals surface area contributed by atoms with E-state index in [4.69, 9.17) is 0 Å². The van der Waals surface area contributed by atoms with Gasteiger partial charge in [0, 0.05) is 54.2 Å². The molecule has 4 amide bonds. The van der Waals surface area contributed by atoms with Crippen molar-refractivity contribution >= 4 is 24.1 Å². The fraction of sp³-hybridized carbons (Fsp3) is 0.405. The molecule has 2 aromatic carbocycles. The highest BCUT2D eigenvalue weighted by atomic mass is 19.1. The van der Waals surface area contributed by atoms with Gasteiger partial charge in [-0.1, -0.05) is 40.7 Å². The number of carbonyl (C=O) groups is 4. The van der Waals surface area contributed by atoms with E-state index in [1.54, 1.807) is 17.0 Å². The Kier molecular flexibility index (Phi) is 15.5. The molecule has 3 heterocycles. The van der Waals surface area contributed by atoms with E-state index >= 15 is 0 Å². The molecule has 2 unspecified atom stereocenters. The molecule has 0 aliphatic carbocycles. The van der Waals surface area contributed by atoms with Crippen LogP contribution in [-0.4, -0.2) is 81.1 Å². The van der Waals surface area contributed by atoms with Gasteiger partial charge in [-0.15, -0.1) is 0 Å². The third kappa shape index (κ3) is 13.1. The highest BCUT2D eigenvalue weighted by Crippen LogP contribution is 2.13. The van der Waals surface area contributed by atoms with Crippen molar-refractivity contribution in [3.05, 3.63) is 106 Å². The van der Waals surface area contributed by atoms with Crippen molar-refractivity contribution in [1.29, 1.82) is 0 Å². The highest BCUT2D eigenvalue weighted by molar-refractivity contribution is 5.95. The van der Waals surface area contributed by atoms with Gasteiger partial charge in [0.15, 0.2) is 0 Å². The molecule has 274 valence electrons. The van der Waals surface area contributed by atoms with Gasteiger partial charge in [-0.25, -0.2) is 8.78 Å². The number of carbonyl (C=O) groups excluding carboxylic acids is 4. The lowest BCUT2D eigenvalue weighted by molar-refractivity contribution is -0.117. The number of benzene rings is 2. The molecule has 12 nitrogen and oxygen atoms in total. The predicted molar refractivity (Wildman–Crippen MR) is 190 cm³/mol. The van der Waals surface area contributed by atoms with Gasteiger partial charge in [0.1, 0.15) is 17.3 Å². The highest BCUT2D eigenvalue weighted by Gasteiger charge is 2.23. The summed E-state index contributed by atoms with van der Waals surface area (Å²) in [5, 5.41) is 22.2. The number of aromatic amines is 2. The SMILES string of the molecule is CCC(CNC(=O)c1cc(C(C)C)[nH]n1)NC(=O)c1cccc(F)c1.Cc1cc(C(C)C)n[nH]1.O=CN1CCC(NC(=O)c2ccc(F)cc2)C1. The van der Waals surface area contributed by atoms with Crippen molar-refractivity contribution < 1.29 is 28.0 Å². The second-order valence-electron chi connectivity index (χ2n) is 12.9. The molecular weight excluding hydrogens is 658 g/mol. The molecule has 0 bridgehead atoms. The largest absolute Gasteiger partial charge is 0.349 e. The van der Waals surface area contributed by atoms with Crippen LogP contribution in [0.5, 0.6) is 0 Å². The molecule has 1 aliphatic heterocycles. The first kappa shape index (κ1) is 40.0. The maximum absolute atomic E-state index is 13.2. The average molecular weight is 707 g/mol. The van der Waals surface area contributed by atoms with Crippen LogP contribution in [0.25, 0.3) is 0 Å². The summed E-state index contributed by atoms with van der Waals surface area (Å²) in [4.78, 5) is 48.2. The zero-order chi connectivity index (χ0) is 37.5. The molecule has 2 aromatic heterocycles. The van der Waals surface area contributed by atoms with Gasteiger partial charge in [-0.05, 0) is 86.2 Å². The van der Waals surface area contributed by atoms with Crippen LogP contribution in [0.2, 0.25) is 0 Å². The van der Waals surface area contributed by atoms with Gasteiger partial charge >= 0.3 is 0 Å². The van der Waals surface area contributed by atoms with E-state index in [1.165, 1.54) is 42.5 Å². The standard InChI is InChI=1S/C18H23FN4O2.C12H13FN2O2.C7H12N2/c1-4-14(21-17(24)12-6-5-7-13(19)8-12)10-20-18(25)16-9-15(11(2)3)22-23-16;13-10-3-1-9(2-4-10)12(17)14-11-5-6-15(7-11)8-16;1-5(2)7-4-6(3)8-9-7/h5-9,11,14H,4,10H2,1-3H3,(H,20,25)(H,21,24)(H,22,23);1-4,8,11H,5-7H2,(H,14,17);4-5H,1-3H3,(H,8,9). The molecule has 0 radical (unpaired) electrons. The first-order chi connectivity index (χ1) is 24.3. The van der Waals surface area contributed by atoms with E-state index in [0.29, 0.717) is 36.7 Å². The molecule has 1 saturated heterocycles.